The predicted molar refractivity (Wildman–Crippen MR) is 91.3 cm³/mol. The molecule has 0 unspecified atom stereocenters. The Kier molecular flexibility index (Phi) is 5.22. The Morgan fingerprint density at radius 2 is 1.90 bits per heavy atom. The van der Waals surface area contributed by atoms with Gasteiger partial charge in [0.2, 0.25) is 0 Å². The molecule has 1 aromatic heterocycles. The van der Waals surface area contributed by atoms with Crippen LogP contribution in [0.3, 0.4) is 0 Å². The zero-order valence-corrected chi connectivity index (χ0v) is 13.7. The van der Waals surface area contributed by atoms with Crippen LogP contribution in [0.1, 0.15) is 18.5 Å². The molecule has 0 bridgehead atoms. The van der Waals surface area contributed by atoms with E-state index in [0.717, 1.165) is 5.69 Å². The lowest BCUT2D eigenvalue weighted by molar-refractivity contribution is 0.517. The van der Waals surface area contributed by atoms with Gasteiger partial charge in [-0.3, -0.25) is 0 Å². The van der Waals surface area contributed by atoms with E-state index in [4.69, 9.17) is 0 Å². The van der Waals surface area contributed by atoms with Crippen LogP contribution in [-0.4, -0.2) is 43.8 Å². The van der Waals surface area contributed by atoms with Crippen molar-refractivity contribution >= 4 is 23.5 Å². The fourth-order valence-electron chi connectivity index (χ4n) is 2.42. The number of rotatable bonds is 4. The smallest absolute Gasteiger partial charge is 0.138 e. The summed E-state index contributed by atoms with van der Waals surface area (Å²) in [6.45, 7) is 2.24. The molecule has 1 aromatic carbocycles. The van der Waals surface area contributed by atoms with Gasteiger partial charge in [-0.2, -0.15) is 28.6 Å². The van der Waals surface area contributed by atoms with Gasteiger partial charge in [0.1, 0.15) is 12.7 Å². The van der Waals surface area contributed by atoms with E-state index in [1.807, 2.05) is 0 Å². The first-order valence-electron chi connectivity index (χ1n) is 7.19. The van der Waals surface area contributed by atoms with Crippen molar-refractivity contribution < 1.29 is 0 Å². The molecular weight excluding hydrogens is 300 g/mol. The van der Waals surface area contributed by atoms with E-state index >= 15 is 0 Å². The molecule has 1 fully saturated rings. The molecule has 0 radical (unpaired) electrons. The van der Waals surface area contributed by atoms with Gasteiger partial charge in [0.15, 0.2) is 0 Å². The Balaban J connectivity index is 1.63. The molecule has 2 heterocycles. The van der Waals surface area contributed by atoms with Gasteiger partial charge < -0.3 is 5.32 Å². The first-order valence-corrected chi connectivity index (χ1v) is 9.50. The molecule has 21 heavy (non-hydrogen) atoms. The Morgan fingerprint density at radius 1 is 1.19 bits per heavy atom. The van der Waals surface area contributed by atoms with Crippen LogP contribution in [0.2, 0.25) is 0 Å². The van der Waals surface area contributed by atoms with Gasteiger partial charge in [-0.1, -0.05) is 12.1 Å². The Labute approximate surface area is 134 Å². The minimum atomic E-state index is 0.374. The van der Waals surface area contributed by atoms with Gasteiger partial charge in [-0.25, -0.2) is 9.67 Å². The fraction of sp³-hybridized carbons (Fsp3) is 0.467. The van der Waals surface area contributed by atoms with Gasteiger partial charge in [-0.15, -0.1) is 0 Å². The molecule has 0 saturated carbocycles. The van der Waals surface area contributed by atoms with Gasteiger partial charge >= 0.3 is 0 Å². The topological polar surface area (TPSA) is 42.7 Å². The number of nitrogens with zero attached hydrogens (tertiary/aromatic N) is 3. The van der Waals surface area contributed by atoms with Crippen molar-refractivity contribution in [2.75, 3.05) is 23.0 Å². The van der Waals surface area contributed by atoms with E-state index in [1.165, 1.54) is 28.6 Å². The van der Waals surface area contributed by atoms with Crippen molar-refractivity contribution in [1.29, 1.82) is 0 Å². The number of hydrogen-bond donors (Lipinski definition) is 1. The summed E-state index contributed by atoms with van der Waals surface area (Å²) in [6, 6.07) is 9.51. The molecule has 0 amide bonds. The molecule has 4 nitrogen and oxygen atoms in total. The molecule has 112 valence electrons. The average Bonchev–Trinajstić information content (AvgIpc) is 2.93. The summed E-state index contributed by atoms with van der Waals surface area (Å²) in [5.74, 6) is 5.00. The third-order valence-corrected chi connectivity index (χ3v) is 6.09. The predicted octanol–water partition coefficient (Wildman–Crippen LogP) is 2.77. The number of nitrogens with one attached hydrogen (secondary N) is 1. The highest BCUT2D eigenvalue weighted by atomic mass is 32.2. The van der Waals surface area contributed by atoms with E-state index in [-0.39, 0.29) is 0 Å². The van der Waals surface area contributed by atoms with Crippen molar-refractivity contribution in [1.82, 2.24) is 20.1 Å². The van der Waals surface area contributed by atoms with Crippen LogP contribution >= 0.6 is 23.5 Å². The quantitative estimate of drug-likeness (QED) is 0.938. The monoisotopic (exact) mass is 320 g/mol. The standard InChI is InChI=1S/C15H20N4S2/c1-12(18-14-8-20-6-7-21-9-14)13-2-4-15(5-3-13)19-11-16-10-17-19/h2-5,10-12,14,18H,6-9H2,1H3/t12-/m1/s1. The molecule has 0 aliphatic carbocycles. The Morgan fingerprint density at radius 3 is 2.52 bits per heavy atom. The second kappa shape index (κ2) is 7.33. The summed E-state index contributed by atoms with van der Waals surface area (Å²) in [7, 11) is 0. The highest BCUT2D eigenvalue weighted by Crippen LogP contribution is 2.20. The van der Waals surface area contributed by atoms with Gasteiger partial charge in [0, 0.05) is 35.1 Å². The van der Waals surface area contributed by atoms with Crippen LogP contribution in [0.15, 0.2) is 36.9 Å². The summed E-state index contributed by atoms with van der Waals surface area (Å²) in [4.78, 5) is 3.98. The van der Waals surface area contributed by atoms with Gasteiger partial charge in [0.05, 0.1) is 5.69 Å². The summed E-state index contributed by atoms with van der Waals surface area (Å²) >= 11 is 4.12. The number of benzene rings is 1. The van der Waals surface area contributed by atoms with Crippen LogP contribution in [-0.2, 0) is 0 Å². The van der Waals surface area contributed by atoms with Crippen LogP contribution in [0.5, 0.6) is 0 Å². The maximum Gasteiger partial charge on any atom is 0.138 e. The average molecular weight is 320 g/mol. The maximum absolute atomic E-state index is 4.15. The van der Waals surface area contributed by atoms with Crippen LogP contribution in [0, 0.1) is 0 Å². The molecule has 3 rings (SSSR count). The highest BCUT2D eigenvalue weighted by molar-refractivity contribution is 8.03. The molecule has 1 saturated heterocycles. The first-order chi connectivity index (χ1) is 10.3. The molecule has 6 heteroatoms. The Hall–Kier alpha value is -0.980. The highest BCUT2D eigenvalue weighted by Gasteiger charge is 2.16. The SMILES string of the molecule is C[C@@H](NC1CSCCSC1)c1ccc(-n2cncn2)cc1. The van der Waals surface area contributed by atoms with Crippen LogP contribution < -0.4 is 5.32 Å². The zero-order valence-electron chi connectivity index (χ0n) is 12.1. The fourth-order valence-corrected chi connectivity index (χ4v) is 4.84. The summed E-state index contributed by atoms with van der Waals surface area (Å²) < 4.78 is 1.78. The van der Waals surface area contributed by atoms with E-state index in [1.54, 1.807) is 17.3 Å². The van der Waals surface area contributed by atoms with Crippen molar-refractivity contribution in [3.63, 3.8) is 0 Å². The first kappa shape index (κ1) is 14.9. The van der Waals surface area contributed by atoms with Crippen molar-refractivity contribution in [3.05, 3.63) is 42.5 Å². The van der Waals surface area contributed by atoms with E-state index in [2.05, 4.69) is 70.1 Å². The molecule has 1 N–H and O–H groups in total. The summed E-state index contributed by atoms with van der Waals surface area (Å²) in [6.07, 6.45) is 3.27. The van der Waals surface area contributed by atoms with Crippen LogP contribution in [0.4, 0.5) is 0 Å². The lowest BCUT2D eigenvalue weighted by atomic mass is 10.1. The van der Waals surface area contributed by atoms with E-state index in [9.17, 15) is 0 Å². The van der Waals surface area contributed by atoms with Crippen LogP contribution in [0.25, 0.3) is 5.69 Å². The lowest BCUT2D eigenvalue weighted by Gasteiger charge is -2.22. The summed E-state index contributed by atoms with van der Waals surface area (Å²) in [5.41, 5.74) is 2.36. The zero-order chi connectivity index (χ0) is 14.5. The summed E-state index contributed by atoms with van der Waals surface area (Å²) in [5, 5.41) is 7.90. The Bertz CT molecular complexity index is 533. The number of hydrogen-bond acceptors (Lipinski definition) is 5. The number of thioether (sulfide) groups is 2. The third kappa shape index (κ3) is 4.02. The molecule has 1 atom stereocenters. The molecule has 1 aliphatic heterocycles. The largest absolute Gasteiger partial charge is 0.306 e. The van der Waals surface area contributed by atoms with Gasteiger partial charge in [-0.05, 0) is 24.6 Å². The van der Waals surface area contributed by atoms with E-state index in [0.29, 0.717) is 12.1 Å². The lowest BCUT2D eigenvalue weighted by Crippen LogP contribution is -2.35. The minimum absolute atomic E-state index is 0.374. The third-order valence-electron chi connectivity index (χ3n) is 3.57. The molecule has 2 aromatic rings. The van der Waals surface area contributed by atoms with E-state index < -0.39 is 0 Å². The number of aromatic nitrogens is 3. The molecular formula is C15H20N4S2. The maximum atomic E-state index is 4.15. The minimum Gasteiger partial charge on any atom is -0.306 e. The molecule has 0 spiro atoms. The second-order valence-electron chi connectivity index (χ2n) is 5.17. The van der Waals surface area contributed by atoms with Crippen molar-refractivity contribution in [2.45, 2.75) is 19.0 Å². The second-order valence-corrected chi connectivity index (χ2v) is 7.47. The molecule has 1 aliphatic rings. The normalized spacial score (nSPS) is 18.3. The van der Waals surface area contributed by atoms with Crippen molar-refractivity contribution in [3.8, 4) is 5.69 Å². The van der Waals surface area contributed by atoms with Crippen molar-refractivity contribution in [2.24, 2.45) is 0 Å². The van der Waals surface area contributed by atoms with Gasteiger partial charge in [0.25, 0.3) is 0 Å².